The zero-order chi connectivity index (χ0) is 12.3. The van der Waals surface area contributed by atoms with Crippen LogP contribution in [0.25, 0.3) is 0 Å². The largest absolute Gasteiger partial charge is 0.380 e. The zero-order valence-corrected chi connectivity index (χ0v) is 10.2. The third-order valence-corrected chi connectivity index (χ3v) is 2.74. The van der Waals surface area contributed by atoms with E-state index in [9.17, 15) is 4.39 Å². The topological polar surface area (TPSA) is 29.9 Å². The van der Waals surface area contributed by atoms with Crippen LogP contribution >= 0.6 is 11.6 Å². The lowest BCUT2D eigenvalue weighted by Gasteiger charge is -2.06. The van der Waals surface area contributed by atoms with E-state index in [1.807, 2.05) is 17.8 Å². The highest BCUT2D eigenvalue weighted by molar-refractivity contribution is 6.33. The lowest BCUT2D eigenvalue weighted by atomic mass is 10.3. The summed E-state index contributed by atoms with van der Waals surface area (Å²) in [5.41, 5.74) is 1.78. The van der Waals surface area contributed by atoms with Gasteiger partial charge in [0.05, 0.1) is 16.9 Å². The molecule has 1 N–H and O–H groups in total. The van der Waals surface area contributed by atoms with Crippen molar-refractivity contribution in [2.45, 2.75) is 20.0 Å². The smallest absolute Gasteiger partial charge is 0.124 e. The summed E-state index contributed by atoms with van der Waals surface area (Å²) in [6.07, 6.45) is 3.76. The number of anilines is 1. The molecular formula is C12H13ClFN3. The molecule has 1 aromatic carbocycles. The number of nitrogens with zero attached hydrogens (tertiary/aromatic N) is 2. The van der Waals surface area contributed by atoms with Gasteiger partial charge in [0.25, 0.3) is 0 Å². The van der Waals surface area contributed by atoms with E-state index in [1.54, 1.807) is 12.3 Å². The Morgan fingerprint density at radius 2 is 2.29 bits per heavy atom. The first-order chi connectivity index (χ1) is 8.19. The molecule has 0 spiro atoms. The predicted molar refractivity (Wildman–Crippen MR) is 66.6 cm³/mol. The van der Waals surface area contributed by atoms with Gasteiger partial charge in [-0.15, -0.1) is 0 Å². The molecule has 0 fully saturated rings. The Bertz CT molecular complexity index is 510. The van der Waals surface area contributed by atoms with Crippen molar-refractivity contribution < 1.29 is 4.39 Å². The number of rotatable bonds is 4. The second kappa shape index (κ2) is 5.19. The molecule has 0 saturated heterocycles. The average Bonchev–Trinajstić information content (AvgIpc) is 2.76. The number of hydrogen-bond donors (Lipinski definition) is 1. The van der Waals surface area contributed by atoms with Gasteiger partial charge in [-0.2, -0.15) is 5.10 Å². The number of benzene rings is 1. The molecule has 0 unspecified atom stereocenters. The van der Waals surface area contributed by atoms with Gasteiger partial charge in [-0.25, -0.2) is 4.39 Å². The minimum absolute atomic E-state index is 0.334. The van der Waals surface area contributed by atoms with Crippen LogP contribution in [0.5, 0.6) is 0 Å². The Morgan fingerprint density at radius 3 is 2.94 bits per heavy atom. The van der Waals surface area contributed by atoms with Crippen LogP contribution in [0.1, 0.15) is 12.5 Å². The van der Waals surface area contributed by atoms with E-state index in [4.69, 9.17) is 11.6 Å². The maximum atomic E-state index is 12.8. The fourth-order valence-corrected chi connectivity index (χ4v) is 1.73. The van der Waals surface area contributed by atoms with E-state index in [2.05, 4.69) is 10.4 Å². The van der Waals surface area contributed by atoms with E-state index in [1.165, 1.54) is 12.1 Å². The monoisotopic (exact) mass is 253 g/mol. The van der Waals surface area contributed by atoms with E-state index in [0.717, 1.165) is 17.8 Å². The first-order valence-electron chi connectivity index (χ1n) is 5.39. The second-order valence-corrected chi connectivity index (χ2v) is 4.09. The summed E-state index contributed by atoms with van der Waals surface area (Å²) in [7, 11) is 0. The van der Waals surface area contributed by atoms with Crippen molar-refractivity contribution in [3.63, 3.8) is 0 Å². The van der Waals surface area contributed by atoms with Crippen molar-refractivity contribution in [2.75, 3.05) is 5.32 Å². The van der Waals surface area contributed by atoms with Crippen LogP contribution < -0.4 is 5.32 Å². The number of aromatic nitrogens is 2. The Balaban J connectivity index is 2.02. The fourth-order valence-electron chi connectivity index (χ4n) is 1.50. The van der Waals surface area contributed by atoms with Gasteiger partial charge in [0, 0.05) is 24.8 Å². The van der Waals surface area contributed by atoms with E-state index in [-0.39, 0.29) is 5.82 Å². The number of hydrogen-bond acceptors (Lipinski definition) is 2. The number of nitrogens with one attached hydrogen (secondary N) is 1. The second-order valence-electron chi connectivity index (χ2n) is 3.68. The molecule has 17 heavy (non-hydrogen) atoms. The van der Waals surface area contributed by atoms with Gasteiger partial charge in [-0.3, -0.25) is 4.68 Å². The summed E-state index contributed by atoms with van der Waals surface area (Å²) in [4.78, 5) is 0. The van der Waals surface area contributed by atoms with Crippen LogP contribution in [0.3, 0.4) is 0 Å². The zero-order valence-electron chi connectivity index (χ0n) is 9.45. The first-order valence-corrected chi connectivity index (χ1v) is 5.77. The van der Waals surface area contributed by atoms with Gasteiger partial charge >= 0.3 is 0 Å². The highest BCUT2D eigenvalue weighted by atomic mass is 35.5. The molecule has 0 saturated carbocycles. The number of aryl methyl sites for hydroxylation is 1. The van der Waals surface area contributed by atoms with Gasteiger partial charge in [-0.1, -0.05) is 11.6 Å². The molecule has 0 aliphatic heterocycles. The predicted octanol–water partition coefficient (Wildman–Crippen LogP) is 3.31. The van der Waals surface area contributed by atoms with Crippen molar-refractivity contribution in [3.8, 4) is 0 Å². The van der Waals surface area contributed by atoms with E-state index < -0.39 is 0 Å². The van der Waals surface area contributed by atoms with Crippen molar-refractivity contribution >= 4 is 17.3 Å². The van der Waals surface area contributed by atoms with Gasteiger partial charge in [0.15, 0.2) is 0 Å². The Hall–Kier alpha value is -1.55. The highest BCUT2D eigenvalue weighted by Crippen LogP contribution is 2.22. The Kier molecular flexibility index (Phi) is 3.64. The quantitative estimate of drug-likeness (QED) is 0.906. The van der Waals surface area contributed by atoms with Gasteiger partial charge in [0.2, 0.25) is 0 Å². The molecule has 3 nitrogen and oxygen atoms in total. The fraction of sp³-hybridized carbons (Fsp3) is 0.250. The number of halogens is 2. The third kappa shape index (κ3) is 2.97. The summed E-state index contributed by atoms with van der Waals surface area (Å²) >= 11 is 5.90. The maximum Gasteiger partial charge on any atom is 0.124 e. The van der Waals surface area contributed by atoms with Crippen LogP contribution in [0.4, 0.5) is 10.1 Å². The van der Waals surface area contributed by atoms with Gasteiger partial charge in [0.1, 0.15) is 5.82 Å². The van der Waals surface area contributed by atoms with Crippen LogP contribution in [0.15, 0.2) is 30.6 Å². The van der Waals surface area contributed by atoms with Gasteiger partial charge in [-0.05, 0) is 25.1 Å². The molecule has 1 heterocycles. The van der Waals surface area contributed by atoms with Crippen LogP contribution in [0.2, 0.25) is 5.02 Å². The van der Waals surface area contributed by atoms with Crippen molar-refractivity contribution in [1.29, 1.82) is 0 Å². The minimum Gasteiger partial charge on any atom is -0.380 e. The standard InChI is InChI=1S/C12H13ClFN3/c1-2-17-8-9(7-16-17)6-15-12-4-3-10(14)5-11(12)13/h3-5,7-8,15H,2,6H2,1H3. The van der Waals surface area contributed by atoms with Crippen molar-refractivity contribution in [1.82, 2.24) is 9.78 Å². The Morgan fingerprint density at radius 1 is 1.47 bits per heavy atom. The molecule has 0 radical (unpaired) electrons. The van der Waals surface area contributed by atoms with Crippen molar-refractivity contribution in [3.05, 3.63) is 47.0 Å². The molecular weight excluding hydrogens is 241 g/mol. The van der Waals surface area contributed by atoms with Crippen LogP contribution in [-0.4, -0.2) is 9.78 Å². The minimum atomic E-state index is -0.334. The third-order valence-electron chi connectivity index (χ3n) is 2.42. The first kappa shape index (κ1) is 11.9. The highest BCUT2D eigenvalue weighted by Gasteiger charge is 2.02. The molecule has 0 aliphatic rings. The summed E-state index contributed by atoms with van der Waals surface area (Å²) in [5, 5.41) is 7.69. The molecule has 90 valence electrons. The van der Waals surface area contributed by atoms with Crippen LogP contribution in [-0.2, 0) is 13.1 Å². The molecule has 0 bridgehead atoms. The summed E-state index contributed by atoms with van der Waals surface area (Å²) < 4.78 is 14.7. The normalized spacial score (nSPS) is 10.5. The summed E-state index contributed by atoms with van der Waals surface area (Å²) in [6, 6.07) is 4.30. The van der Waals surface area contributed by atoms with Crippen molar-refractivity contribution in [2.24, 2.45) is 0 Å². The molecule has 1 aromatic heterocycles. The summed E-state index contributed by atoms with van der Waals surface area (Å²) in [5.74, 6) is -0.334. The molecule has 0 amide bonds. The molecule has 0 atom stereocenters. The lowest BCUT2D eigenvalue weighted by molar-refractivity contribution is 0.628. The molecule has 2 aromatic rings. The molecule has 0 aliphatic carbocycles. The maximum absolute atomic E-state index is 12.8. The van der Waals surface area contributed by atoms with Crippen LogP contribution in [0, 0.1) is 5.82 Å². The lowest BCUT2D eigenvalue weighted by Crippen LogP contribution is -1.99. The SMILES string of the molecule is CCn1cc(CNc2ccc(F)cc2Cl)cn1. The van der Waals surface area contributed by atoms with E-state index >= 15 is 0 Å². The molecule has 2 rings (SSSR count). The van der Waals surface area contributed by atoms with Gasteiger partial charge < -0.3 is 5.32 Å². The Labute approximate surface area is 104 Å². The van der Waals surface area contributed by atoms with E-state index in [0.29, 0.717) is 11.6 Å². The molecule has 5 heteroatoms. The summed E-state index contributed by atoms with van der Waals surface area (Å²) in [6.45, 7) is 3.49. The average molecular weight is 254 g/mol.